The van der Waals surface area contributed by atoms with Gasteiger partial charge in [0.2, 0.25) is 0 Å². The predicted octanol–water partition coefficient (Wildman–Crippen LogP) is 5.83. The number of nitrogens with zero attached hydrogens (tertiary/aromatic N) is 1. The van der Waals surface area contributed by atoms with Crippen LogP contribution in [0.3, 0.4) is 0 Å². The molecule has 2 aromatic rings. The van der Waals surface area contributed by atoms with Crippen LogP contribution in [-0.2, 0) is 6.61 Å². The standard InChI is InChI=1S/C16H12BrCl2NOS/c17-13-7-11(16-20-5-6-22-16)8-14(19)15(13)21-9-10-1-3-12(18)4-2-10/h1-4,7-8H,5-6,9H2. The van der Waals surface area contributed by atoms with Gasteiger partial charge in [-0.05, 0) is 45.8 Å². The summed E-state index contributed by atoms with van der Waals surface area (Å²) in [7, 11) is 0. The summed E-state index contributed by atoms with van der Waals surface area (Å²) in [6, 6.07) is 11.5. The highest BCUT2D eigenvalue weighted by atomic mass is 79.9. The topological polar surface area (TPSA) is 21.6 Å². The lowest BCUT2D eigenvalue weighted by molar-refractivity contribution is 0.304. The molecule has 0 atom stereocenters. The second-order valence-corrected chi connectivity index (χ2v) is 7.50. The fourth-order valence-electron chi connectivity index (χ4n) is 2.07. The summed E-state index contributed by atoms with van der Waals surface area (Å²) >= 11 is 17.5. The quantitative estimate of drug-likeness (QED) is 0.625. The Labute approximate surface area is 152 Å². The van der Waals surface area contributed by atoms with E-state index >= 15 is 0 Å². The van der Waals surface area contributed by atoms with Crippen LogP contribution in [0.25, 0.3) is 0 Å². The molecule has 2 nitrogen and oxygen atoms in total. The summed E-state index contributed by atoms with van der Waals surface area (Å²) in [4.78, 5) is 4.47. The lowest BCUT2D eigenvalue weighted by Crippen LogP contribution is -1.99. The van der Waals surface area contributed by atoms with Crippen molar-refractivity contribution in [3.05, 3.63) is 62.0 Å². The minimum Gasteiger partial charge on any atom is -0.486 e. The normalized spacial score (nSPS) is 14.0. The molecular weight excluding hydrogens is 405 g/mol. The first-order valence-corrected chi connectivity index (χ1v) is 9.21. The van der Waals surface area contributed by atoms with Crippen LogP contribution in [0.4, 0.5) is 0 Å². The second kappa shape index (κ2) is 7.26. The van der Waals surface area contributed by atoms with E-state index in [1.165, 1.54) is 0 Å². The molecule has 0 fully saturated rings. The van der Waals surface area contributed by atoms with Crippen LogP contribution in [0.2, 0.25) is 10.0 Å². The molecule has 3 rings (SSSR count). The molecule has 0 saturated carbocycles. The van der Waals surface area contributed by atoms with E-state index in [1.54, 1.807) is 11.8 Å². The summed E-state index contributed by atoms with van der Waals surface area (Å²) < 4.78 is 6.68. The van der Waals surface area contributed by atoms with Crippen molar-refractivity contribution in [3.63, 3.8) is 0 Å². The van der Waals surface area contributed by atoms with Crippen LogP contribution in [0.5, 0.6) is 5.75 Å². The van der Waals surface area contributed by atoms with Crippen molar-refractivity contribution in [3.8, 4) is 5.75 Å². The predicted molar refractivity (Wildman–Crippen MR) is 98.8 cm³/mol. The number of halogens is 3. The Kier molecular flexibility index (Phi) is 5.34. The van der Waals surface area contributed by atoms with E-state index in [0.717, 1.165) is 32.9 Å². The van der Waals surface area contributed by atoms with Crippen LogP contribution in [-0.4, -0.2) is 17.3 Å². The minimum atomic E-state index is 0.435. The van der Waals surface area contributed by atoms with Crippen LogP contribution in [0.15, 0.2) is 45.9 Å². The first kappa shape index (κ1) is 16.2. The molecule has 1 aliphatic rings. The Morgan fingerprint density at radius 1 is 1.18 bits per heavy atom. The lowest BCUT2D eigenvalue weighted by atomic mass is 10.2. The van der Waals surface area contributed by atoms with Crippen molar-refractivity contribution in [2.75, 3.05) is 12.3 Å². The molecule has 6 heteroatoms. The number of ether oxygens (including phenoxy) is 1. The third-order valence-corrected chi connectivity index (χ3v) is 5.27. The highest BCUT2D eigenvalue weighted by Crippen LogP contribution is 2.36. The molecule has 0 unspecified atom stereocenters. The molecule has 0 aliphatic carbocycles. The third kappa shape index (κ3) is 3.80. The van der Waals surface area contributed by atoms with Crippen molar-refractivity contribution in [1.29, 1.82) is 0 Å². The maximum absolute atomic E-state index is 6.36. The van der Waals surface area contributed by atoms with Crippen molar-refractivity contribution < 1.29 is 4.74 Å². The van der Waals surface area contributed by atoms with E-state index < -0.39 is 0 Å². The molecule has 0 saturated heterocycles. The highest BCUT2D eigenvalue weighted by Gasteiger charge is 2.15. The Morgan fingerprint density at radius 3 is 2.59 bits per heavy atom. The molecule has 22 heavy (non-hydrogen) atoms. The molecule has 0 radical (unpaired) electrons. The number of benzene rings is 2. The number of hydrogen-bond acceptors (Lipinski definition) is 3. The summed E-state index contributed by atoms with van der Waals surface area (Å²) in [6.07, 6.45) is 0. The van der Waals surface area contributed by atoms with Gasteiger partial charge < -0.3 is 4.74 Å². The van der Waals surface area contributed by atoms with Crippen LogP contribution < -0.4 is 4.74 Å². The summed E-state index contributed by atoms with van der Waals surface area (Å²) in [6.45, 7) is 1.30. The molecule has 2 aromatic carbocycles. The molecule has 1 heterocycles. The monoisotopic (exact) mass is 415 g/mol. The molecule has 0 aromatic heterocycles. The van der Waals surface area contributed by atoms with E-state index in [1.807, 2.05) is 36.4 Å². The van der Waals surface area contributed by atoms with Gasteiger partial charge in [0.05, 0.1) is 14.5 Å². The van der Waals surface area contributed by atoms with Gasteiger partial charge in [-0.1, -0.05) is 35.3 Å². The lowest BCUT2D eigenvalue weighted by Gasteiger charge is -2.12. The highest BCUT2D eigenvalue weighted by molar-refractivity contribution is 9.10. The van der Waals surface area contributed by atoms with E-state index in [2.05, 4.69) is 20.9 Å². The minimum absolute atomic E-state index is 0.435. The number of aliphatic imine (C=N–C) groups is 1. The smallest absolute Gasteiger partial charge is 0.152 e. The van der Waals surface area contributed by atoms with Gasteiger partial charge in [0, 0.05) is 22.9 Å². The Hall–Kier alpha value is -0.680. The maximum atomic E-state index is 6.36. The number of rotatable bonds is 4. The van der Waals surface area contributed by atoms with Crippen molar-refractivity contribution in [2.24, 2.45) is 4.99 Å². The van der Waals surface area contributed by atoms with Gasteiger partial charge in [0.25, 0.3) is 0 Å². The van der Waals surface area contributed by atoms with Gasteiger partial charge in [0.1, 0.15) is 6.61 Å². The van der Waals surface area contributed by atoms with Gasteiger partial charge in [0.15, 0.2) is 5.75 Å². The molecule has 114 valence electrons. The van der Waals surface area contributed by atoms with Crippen LogP contribution >= 0.6 is 50.9 Å². The Morgan fingerprint density at radius 2 is 1.95 bits per heavy atom. The molecular formula is C16H12BrCl2NOS. The van der Waals surface area contributed by atoms with E-state index in [0.29, 0.717) is 22.4 Å². The Balaban J connectivity index is 1.77. The van der Waals surface area contributed by atoms with E-state index in [-0.39, 0.29) is 0 Å². The number of thioether (sulfide) groups is 1. The summed E-state index contributed by atoms with van der Waals surface area (Å²) in [5.41, 5.74) is 2.06. The zero-order valence-corrected chi connectivity index (χ0v) is 15.4. The van der Waals surface area contributed by atoms with Gasteiger partial charge in [-0.3, -0.25) is 4.99 Å². The molecule has 0 amide bonds. The average Bonchev–Trinajstić information content (AvgIpc) is 3.02. The average molecular weight is 417 g/mol. The zero-order chi connectivity index (χ0) is 15.5. The van der Waals surface area contributed by atoms with Crippen molar-refractivity contribution in [2.45, 2.75) is 6.61 Å². The third-order valence-electron chi connectivity index (χ3n) is 3.13. The van der Waals surface area contributed by atoms with E-state index in [4.69, 9.17) is 27.9 Å². The number of hydrogen-bond donors (Lipinski definition) is 0. The summed E-state index contributed by atoms with van der Waals surface area (Å²) in [5, 5.41) is 2.32. The van der Waals surface area contributed by atoms with Gasteiger partial charge in [-0.15, -0.1) is 11.8 Å². The van der Waals surface area contributed by atoms with Crippen LogP contribution in [0.1, 0.15) is 11.1 Å². The fourth-order valence-corrected chi connectivity index (χ4v) is 4.00. The summed E-state index contributed by atoms with van der Waals surface area (Å²) in [5.74, 6) is 1.67. The largest absolute Gasteiger partial charge is 0.486 e. The Bertz CT molecular complexity index is 696. The molecule has 0 N–H and O–H groups in total. The SMILES string of the molecule is Clc1ccc(COc2c(Cl)cc(C3=NCCS3)cc2Br)cc1. The first-order valence-electron chi connectivity index (χ1n) is 6.67. The molecule has 0 bridgehead atoms. The van der Waals surface area contributed by atoms with E-state index in [9.17, 15) is 0 Å². The van der Waals surface area contributed by atoms with Gasteiger partial charge in [-0.2, -0.15) is 0 Å². The van der Waals surface area contributed by atoms with Crippen molar-refractivity contribution >= 4 is 55.9 Å². The second-order valence-electron chi connectivity index (χ2n) is 4.72. The van der Waals surface area contributed by atoms with Crippen molar-refractivity contribution in [1.82, 2.24) is 0 Å². The van der Waals surface area contributed by atoms with Gasteiger partial charge in [-0.25, -0.2) is 0 Å². The zero-order valence-electron chi connectivity index (χ0n) is 11.5. The van der Waals surface area contributed by atoms with Gasteiger partial charge >= 0.3 is 0 Å². The van der Waals surface area contributed by atoms with Crippen LogP contribution in [0, 0.1) is 0 Å². The maximum Gasteiger partial charge on any atom is 0.152 e. The fraction of sp³-hybridized carbons (Fsp3) is 0.188. The first-order chi connectivity index (χ1) is 10.6. The molecule has 1 aliphatic heterocycles. The molecule has 0 spiro atoms.